The summed E-state index contributed by atoms with van der Waals surface area (Å²) >= 11 is 1.83. The van der Waals surface area contributed by atoms with Crippen LogP contribution in [-0.4, -0.2) is 15.2 Å². The van der Waals surface area contributed by atoms with Gasteiger partial charge in [-0.05, 0) is 19.1 Å². The van der Waals surface area contributed by atoms with Crippen LogP contribution < -0.4 is 5.73 Å². The van der Waals surface area contributed by atoms with E-state index < -0.39 is 0 Å². The maximum Gasteiger partial charge on any atom is 0.140 e. The summed E-state index contributed by atoms with van der Waals surface area (Å²) in [5.41, 5.74) is 7.74. The number of nitrogen functional groups attached to an aromatic ring is 1. The van der Waals surface area contributed by atoms with Gasteiger partial charge in [0.1, 0.15) is 11.6 Å². The number of rotatable bonds is 3. The molecule has 0 atom stereocenters. The topological polar surface area (TPSA) is 51.8 Å². The molecule has 0 bridgehead atoms. The van der Waals surface area contributed by atoms with Crippen LogP contribution in [0.5, 0.6) is 0 Å². The molecule has 0 saturated heterocycles. The molecule has 78 valence electrons. The largest absolute Gasteiger partial charge is 0.383 e. The molecule has 14 heavy (non-hydrogen) atoms. The molecule has 1 aromatic heterocycles. The molecule has 0 aromatic carbocycles. The lowest BCUT2D eigenvalue weighted by Gasteiger charge is -2.07. The highest BCUT2D eigenvalue weighted by atomic mass is 32.2. The van der Waals surface area contributed by atoms with E-state index in [1.807, 2.05) is 25.6 Å². The van der Waals surface area contributed by atoms with E-state index in [9.17, 15) is 0 Å². The highest BCUT2D eigenvalue weighted by Crippen LogP contribution is 2.17. The zero-order valence-electron chi connectivity index (χ0n) is 9.16. The maximum atomic E-state index is 5.77. The van der Waals surface area contributed by atoms with Crippen LogP contribution in [0.2, 0.25) is 0 Å². The smallest absolute Gasteiger partial charge is 0.140 e. The summed E-state index contributed by atoms with van der Waals surface area (Å²) in [7, 11) is 0. The lowest BCUT2D eigenvalue weighted by Crippen LogP contribution is -2.04. The van der Waals surface area contributed by atoms with Crippen LogP contribution in [0.25, 0.3) is 0 Å². The lowest BCUT2D eigenvalue weighted by atomic mass is 10.2. The number of nitrogens with zero attached hydrogens (tertiary/aromatic N) is 2. The summed E-state index contributed by atoms with van der Waals surface area (Å²) in [4.78, 5) is 8.64. The first-order chi connectivity index (χ1) is 6.50. The Morgan fingerprint density at radius 2 is 1.93 bits per heavy atom. The van der Waals surface area contributed by atoms with E-state index in [1.54, 1.807) is 0 Å². The molecule has 0 aliphatic heterocycles. The van der Waals surface area contributed by atoms with Gasteiger partial charge in [-0.25, -0.2) is 9.97 Å². The van der Waals surface area contributed by atoms with E-state index in [0.29, 0.717) is 11.1 Å². The minimum atomic E-state index is 0.599. The van der Waals surface area contributed by atoms with E-state index in [1.165, 1.54) is 0 Å². The molecular formula is C10H17N3S. The molecule has 1 heterocycles. The summed E-state index contributed by atoms with van der Waals surface area (Å²) < 4.78 is 0. The van der Waals surface area contributed by atoms with Crippen molar-refractivity contribution in [3.8, 4) is 0 Å². The zero-order chi connectivity index (χ0) is 10.7. The lowest BCUT2D eigenvalue weighted by molar-refractivity contribution is 0.976. The number of nitrogens with two attached hydrogens (primary N) is 1. The Morgan fingerprint density at radius 3 is 2.43 bits per heavy atom. The zero-order valence-corrected chi connectivity index (χ0v) is 9.98. The minimum absolute atomic E-state index is 0.599. The third-order valence-corrected chi connectivity index (χ3v) is 3.11. The number of hydrogen-bond donors (Lipinski definition) is 1. The summed E-state index contributed by atoms with van der Waals surface area (Å²) in [5, 5.41) is 0.599. The van der Waals surface area contributed by atoms with Gasteiger partial charge in [-0.15, -0.1) is 0 Å². The van der Waals surface area contributed by atoms with Gasteiger partial charge in [0.2, 0.25) is 0 Å². The first-order valence-electron chi connectivity index (χ1n) is 4.72. The fraction of sp³-hybridized carbons (Fsp3) is 0.600. The Bertz CT molecular complexity index is 300. The molecule has 4 heteroatoms. The van der Waals surface area contributed by atoms with Crippen molar-refractivity contribution >= 4 is 17.6 Å². The predicted octanol–water partition coefficient (Wildman–Crippen LogP) is 2.32. The Hall–Kier alpha value is -0.770. The Balaban J connectivity index is 2.79. The predicted molar refractivity (Wildman–Crippen MR) is 62.3 cm³/mol. The summed E-state index contributed by atoms with van der Waals surface area (Å²) in [6, 6.07) is 0. The van der Waals surface area contributed by atoms with Crippen molar-refractivity contribution in [3.63, 3.8) is 0 Å². The number of hydrogen-bond acceptors (Lipinski definition) is 4. The molecule has 1 rings (SSSR count). The van der Waals surface area contributed by atoms with Crippen molar-refractivity contribution < 1.29 is 0 Å². The fourth-order valence-corrected chi connectivity index (χ4v) is 1.63. The molecule has 3 nitrogen and oxygen atoms in total. The third kappa shape index (κ3) is 2.87. The normalized spacial score (nSPS) is 10.9. The standard InChI is InChI=1S/C10H17N3S/c1-6(2)14-5-9-12-8(4)7(3)10(11)13-9/h6H,5H2,1-4H3,(H2,11,12,13). The van der Waals surface area contributed by atoms with Crippen molar-refractivity contribution in [2.45, 2.75) is 38.7 Å². The van der Waals surface area contributed by atoms with Crippen molar-refractivity contribution in [2.24, 2.45) is 0 Å². The Kier molecular flexibility index (Phi) is 3.75. The van der Waals surface area contributed by atoms with E-state index in [-0.39, 0.29) is 0 Å². The highest BCUT2D eigenvalue weighted by molar-refractivity contribution is 7.99. The van der Waals surface area contributed by atoms with E-state index in [4.69, 9.17) is 5.73 Å². The SMILES string of the molecule is Cc1nc(CSC(C)C)nc(N)c1C. The van der Waals surface area contributed by atoms with Gasteiger partial charge in [-0.1, -0.05) is 13.8 Å². The van der Waals surface area contributed by atoms with Crippen LogP contribution in [0.4, 0.5) is 5.82 Å². The first-order valence-corrected chi connectivity index (χ1v) is 5.76. The monoisotopic (exact) mass is 211 g/mol. The molecule has 0 radical (unpaired) electrons. The molecule has 1 aromatic rings. The second-order valence-corrected chi connectivity index (χ2v) is 5.16. The summed E-state index contributed by atoms with van der Waals surface area (Å²) in [6.07, 6.45) is 0. The van der Waals surface area contributed by atoms with Crippen LogP contribution in [0.1, 0.15) is 30.9 Å². The highest BCUT2D eigenvalue weighted by Gasteiger charge is 2.05. The molecule has 0 saturated carbocycles. The molecule has 0 spiro atoms. The van der Waals surface area contributed by atoms with Crippen molar-refractivity contribution in [3.05, 3.63) is 17.1 Å². The van der Waals surface area contributed by atoms with Crippen LogP contribution in [0, 0.1) is 13.8 Å². The summed E-state index contributed by atoms with van der Waals surface area (Å²) in [6.45, 7) is 8.24. The molecule has 0 aliphatic rings. The second-order valence-electron chi connectivity index (χ2n) is 3.60. The van der Waals surface area contributed by atoms with Gasteiger partial charge in [-0.2, -0.15) is 11.8 Å². The fourth-order valence-electron chi connectivity index (χ4n) is 1.02. The van der Waals surface area contributed by atoms with Crippen molar-refractivity contribution in [1.82, 2.24) is 9.97 Å². The van der Waals surface area contributed by atoms with E-state index in [0.717, 1.165) is 22.8 Å². The van der Waals surface area contributed by atoms with Crippen LogP contribution in [-0.2, 0) is 5.75 Å². The van der Waals surface area contributed by atoms with Gasteiger partial charge in [0.25, 0.3) is 0 Å². The average molecular weight is 211 g/mol. The van der Waals surface area contributed by atoms with Gasteiger partial charge in [0.05, 0.1) is 5.75 Å². The molecule has 0 amide bonds. The van der Waals surface area contributed by atoms with Gasteiger partial charge in [0, 0.05) is 11.3 Å². The minimum Gasteiger partial charge on any atom is -0.383 e. The van der Waals surface area contributed by atoms with E-state index >= 15 is 0 Å². The van der Waals surface area contributed by atoms with Gasteiger partial charge >= 0.3 is 0 Å². The molecular weight excluding hydrogens is 194 g/mol. The Labute approximate surface area is 89.5 Å². The average Bonchev–Trinajstić information content (AvgIpc) is 2.10. The van der Waals surface area contributed by atoms with Crippen LogP contribution >= 0.6 is 11.8 Å². The van der Waals surface area contributed by atoms with Gasteiger partial charge in [0.15, 0.2) is 0 Å². The van der Waals surface area contributed by atoms with Gasteiger partial charge < -0.3 is 5.73 Å². The Morgan fingerprint density at radius 1 is 1.29 bits per heavy atom. The summed E-state index contributed by atoms with van der Waals surface area (Å²) in [5.74, 6) is 2.28. The molecule has 0 unspecified atom stereocenters. The number of aromatic nitrogens is 2. The second kappa shape index (κ2) is 4.64. The van der Waals surface area contributed by atoms with Crippen LogP contribution in [0.3, 0.4) is 0 Å². The first kappa shape index (κ1) is 11.3. The van der Waals surface area contributed by atoms with Crippen molar-refractivity contribution in [1.29, 1.82) is 0 Å². The third-order valence-electron chi connectivity index (χ3n) is 2.02. The number of anilines is 1. The molecule has 2 N–H and O–H groups in total. The molecule has 0 fully saturated rings. The van der Waals surface area contributed by atoms with E-state index in [2.05, 4.69) is 23.8 Å². The maximum absolute atomic E-state index is 5.77. The molecule has 0 aliphatic carbocycles. The van der Waals surface area contributed by atoms with Crippen LogP contribution in [0.15, 0.2) is 0 Å². The quantitative estimate of drug-likeness (QED) is 0.833. The number of aryl methyl sites for hydroxylation is 1. The van der Waals surface area contributed by atoms with Crippen molar-refractivity contribution in [2.75, 3.05) is 5.73 Å². The van der Waals surface area contributed by atoms with Gasteiger partial charge in [-0.3, -0.25) is 0 Å². The number of thioether (sulfide) groups is 1.